The van der Waals surface area contributed by atoms with Crippen LogP contribution in [0.15, 0.2) is 21.9 Å². The summed E-state index contributed by atoms with van der Waals surface area (Å²) < 4.78 is 3.55. The van der Waals surface area contributed by atoms with Gasteiger partial charge in [0.05, 0.1) is 17.4 Å². The van der Waals surface area contributed by atoms with E-state index in [2.05, 4.69) is 15.2 Å². The number of H-pyrrole nitrogens is 2. The van der Waals surface area contributed by atoms with E-state index < -0.39 is 0 Å². The number of fused-ring (bicyclic) bond motifs is 1. The average Bonchev–Trinajstić information content (AvgIpc) is 3.06. The van der Waals surface area contributed by atoms with Crippen molar-refractivity contribution in [2.75, 3.05) is 0 Å². The van der Waals surface area contributed by atoms with Crippen molar-refractivity contribution in [3.05, 3.63) is 38.8 Å². The molecule has 0 bridgehead atoms. The first-order valence-electron chi connectivity index (χ1n) is 7.45. The van der Waals surface area contributed by atoms with Crippen molar-refractivity contribution in [3.63, 3.8) is 0 Å². The zero-order valence-corrected chi connectivity index (χ0v) is 12.9. The van der Waals surface area contributed by atoms with Crippen molar-refractivity contribution >= 4 is 11.0 Å². The number of aryl methyl sites for hydroxylation is 3. The standard InChI is InChI=1S/C15H19N5O2/c1-4-6-20-12-7-11(10-8-16-18-9(10)3)19(5-2)13(12)14(21)17-15(20)22/h7-8H,4-6H2,1-3H3,(H,16,18)(H,17,21,22). The van der Waals surface area contributed by atoms with Gasteiger partial charge in [-0.3, -0.25) is 19.4 Å². The second-order valence-corrected chi connectivity index (χ2v) is 5.33. The van der Waals surface area contributed by atoms with Gasteiger partial charge in [0.25, 0.3) is 5.56 Å². The highest BCUT2D eigenvalue weighted by Gasteiger charge is 2.18. The number of hydrogen-bond donors (Lipinski definition) is 2. The van der Waals surface area contributed by atoms with Crippen LogP contribution >= 0.6 is 0 Å². The van der Waals surface area contributed by atoms with E-state index in [4.69, 9.17) is 0 Å². The molecule has 3 aromatic heterocycles. The fraction of sp³-hybridized carbons (Fsp3) is 0.400. The van der Waals surface area contributed by atoms with Gasteiger partial charge in [0.1, 0.15) is 5.52 Å². The average molecular weight is 301 g/mol. The highest BCUT2D eigenvalue weighted by atomic mass is 16.2. The summed E-state index contributed by atoms with van der Waals surface area (Å²) in [6.07, 6.45) is 2.56. The maximum Gasteiger partial charge on any atom is 0.328 e. The van der Waals surface area contributed by atoms with Crippen LogP contribution in [0.5, 0.6) is 0 Å². The Morgan fingerprint density at radius 1 is 1.23 bits per heavy atom. The third-order valence-corrected chi connectivity index (χ3v) is 3.92. The molecule has 0 radical (unpaired) electrons. The van der Waals surface area contributed by atoms with Crippen LogP contribution in [0.1, 0.15) is 26.0 Å². The molecule has 7 heteroatoms. The lowest BCUT2D eigenvalue weighted by Gasteiger charge is -2.07. The molecule has 116 valence electrons. The summed E-state index contributed by atoms with van der Waals surface area (Å²) in [7, 11) is 0. The second kappa shape index (κ2) is 5.32. The van der Waals surface area contributed by atoms with Crippen LogP contribution in [0, 0.1) is 6.92 Å². The molecule has 0 amide bonds. The Morgan fingerprint density at radius 3 is 2.59 bits per heavy atom. The van der Waals surface area contributed by atoms with E-state index in [1.165, 1.54) is 0 Å². The van der Waals surface area contributed by atoms with Gasteiger partial charge in [-0.2, -0.15) is 5.10 Å². The molecule has 0 aromatic carbocycles. The molecule has 3 rings (SSSR count). The van der Waals surface area contributed by atoms with Crippen molar-refractivity contribution in [3.8, 4) is 11.3 Å². The van der Waals surface area contributed by atoms with E-state index in [-0.39, 0.29) is 11.2 Å². The summed E-state index contributed by atoms with van der Waals surface area (Å²) >= 11 is 0. The minimum Gasteiger partial charge on any atom is -0.335 e. The third kappa shape index (κ3) is 2.01. The zero-order valence-electron chi connectivity index (χ0n) is 12.9. The fourth-order valence-corrected chi connectivity index (χ4v) is 2.92. The second-order valence-electron chi connectivity index (χ2n) is 5.33. The number of nitrogens with one attached hydrogen (secondary N) is 2. The van der Waals surface area contributed by atoms with Gasteiger partial charge >= 0.3 is 5.69 Å². The molecular weight excluding hydrogens is 282 g/mol. The van der Waals surface area contributed by atoms with Crippen LogP contribution in [0.25, 0.3) is 22.3 Å². The lowest BCUT2D eigenvalue weighted by atomic mass is 10.2. The van der Waals surface area contributed by atoms with Crippen LogP contribution in [-0.4, -0.2) is 24.3 Å². The predicted octanol–water partition coefficient (Wildman–Crippen LogP) is 1.62. The highest BCUT2D eigenvalue weighted by Crippen LogP contribution is 2.27. The predicted molar refractivity (Wildman–Crippen MR) is 85.1 cm³/mol. The Morgan fingerprint density at radius 2 is 2.00 bits per heavy atom. The first kappa shape index (κ1) is 14.4. The molecule has 0 spiro atoms. The van der Waals surface area contributed by atoms with Crippen LogP contribution in [0.3, 0.4) is 0 Å². The SMILES string of the molecule is CCCn1c(=O)[nH]c(=O)c2c1cc(-c1cn[nH]c1C)n2CC. The van der Waals surface area contributed by atoms with Crippen molar-refractivity contribution in [1.82, 2.24) is 24.3 Å². The van der Waals surface area contributed by atoms with Gasteiger partial charge in [-0.05, 0) is 26.3 Å². The van der Waals surface area contributed by atoms with Gasteiger partial charge in [0.2, 0.25) is 0 Å². The molecule has 0 saturated carbocycles. The van der Waals surface area contributed by atoms with Crippen molar-refractivity contribution in [2.45, 2.75) is 40.3 Å². The van der Waals surface area contributed by atoms with E-state index in [1.54, 1.807) is 10.8 Å². The molecule has 0 aliphatic rings. The summed E-state index contributed by atoms with van der Waals surface area (Å²) in [4.78, 5) is 26.8. The monoisotopic (exact) mass is 301 g/mol. The van der Waals surface area contributed by atoms with Gasteiger partial charge in [-0.25, -0.2) is 4.79 Å². The van der Waals surface area contributed by atoms with E-state index in [0.717, 1.165) is 23.4 Å². The number of nitrogens with zero attached hydrogens (tertiary/aromatic N) is 3. The molecule has 3 heterocycles. The van der Waals surface area contributed by atoms with Gasteiger partial charge < -0.3 is 4.57 Å². The molecule has 0 saturated heterocycles. The quantitative estimate of drug-likeness (QED) is 0.767. The maximum atomic E-state index is 12.3. The van der Waals surface area contributed by atoms with Crippen molar-refractivity contribution in [1.29, 1.82) is 0 Å². The Bertz CT molecular complexity index is 941. The Hall–Kier alpha value is -2.57. The topological polar surface area (TPSA) is 88.5 Å². The van der Waals surface area contributed by atoms with Crippen LogP contribution in [-0.2, 0) is 13.1 Å². The van der Waals surface area contributed by atoms with Gasteiger partial charge in [0.15, 0.2) is 0 Å². The molecular formula is C15H19N5O2. The van der Waals surface area contributed by atoms with E-state index in [1.807, 2.05) is 31.4 Å². The molecule has 0 atom stereocenters. The third-order valence-electron chi connectivity index (χ3n) is 3.92. The minimum atomic E-state index is -0.358. The Labute approximate surface area is 126 Å². The molecule has 7 nitrogen and oxygen atoms in total. The minimum absolute atomic E-state index is 0.346. The molecule has 2 N–H and O–H groups in total. The van der Waals surface area contributed by atoms with E-state index in [0.29, 0.717) is 24.1 Å². The first-order chi connectivity index (χ1) is 10.6. The largest absolute Gasteiger partial charge is 0.335 e. The molecule has 0 aliphatic heterocycles. The lowest BCUT2D eigenvalue weighted by Crippen LogP contribution is -2.30. The molecule has 0 aliphatic carbocycles. The van der Waals surface area contributed by atoms with Crippen LogP contribution < -0.4 is 11.2 Å². The summed E-state index contributed by atoms with van der Waals surface area (Å²) in [5.74, 6) is 0. The van der Waals surface area contributed by atoms with E-state index >= 15 is 0 Å². The Kier molecular flexibility index (Phi) is 3.48. The zero-order chi connectivity index (χ0) is 15.9. The fourth-order valence-electron chi connectivity index (χ4n) is 2.92. The highest BCUT2D eigenvalue weighted by molar-refractivity contribution is 5.84. The van der Waals surface area contributed by atoms with Crippen molar-refractivity contribution in [2.24, 2.45) is 0 Å². The van der Waals surface area contributed by atoms with Gasteiger partial charge in [0, 0.05) is 24.3 Å². The van der Waals surface area contributed by atoms with Crippen LogP contribution in [0.2, 0.25) is 0 Å². The van der Waals surface area contributed by atoms with Gasteiger partial charge in [-0.1, -0.05) is 6.92 Å². The Balaban J connectivity index is 2.44. The smallest absolute Gasteiger partial charge is 0.328 e. The lowest BCUT2D eigenvalue weighted by molar-refractivity contribution is 0.656. The number of rotatable bonds is 4. The molecule has 0 fully saturated rings. The van der Waals surface area contributed by atoms with E-state index in [9.17, 15) is 9.59 Å². The summed E-state index contributed by atoms with van der Waals surface area (Å²) in [5.41, 5.74) is 3.26. The normalized spacial score (nSPS) is 11.4. The summed E-state index contributed by atoms with van der Waals surface area (Å²) in [6.45, 7) is 7.12. The number of aromatic amines is 2. The number of hydrogen-bond acceptors (Lipinski definition) is 3. The van der Waals surface area contributed by atoms with Crippen molar-refractivity contribution < 1.29 is 0 Å². The first-order valence-corrected chi connectivity index (χ1v) is 7.45. The maximum absolute atomic E-state index is 12.3. The number of aromatic nitrogens is 5. The van der Waals surface area contributed by atoms with Gasteiger partial charge in [-0.15, -0.1) is 0 Å². The van der Waals surface area contributed by atoms with Crippen LogP contribution in [0.4, 0.5) is 0 Å². The molecule has 0 unspecified atom stereocenters. The summed E-state index contributed by atoms with van der Waals surface area (Å²) in [5, 5.41) is 6.96. The summed E-state index contributed by atoms with van der Waals surface area (Å²) in [6, 6.07) is 1.91. The molecule has 3 aromatic rings. The molecule has 22 heavy (non-hydrogen) atoms.